The summed E-state index contributed by atoms with van der Waals surface area (Å²) in [7, 11) is 0. The van der Waals surface area contributed by atoms with Gasteiger partial charge in [0.1, 0.15) is 0 Å². The van der Waals surface area contributed by atoms with Crippen LogP contribution in [0, 0.1) is 23.5 Å². The van der Waals surface area contributed by atoms with E-state index >= 15 is 0 Å². The summed E-state index contributed by atoms with van der Waals surface area (Å²) >= 11 is 1.46. The van der Waals surface area contributed by atoms with E-state index in [0.717, 1.165) is 12.8 Å². The summed E-state index contributed by atoms with van der Waals surface area (Å²) in [6.07, 6.45) is 9.31. The van der Waals surface area contributed by atoms with Crippen molar-refractivity contribution in [3.05, 3.63) is 153 Å². The van der Waals surface area contributed by atoms with Crippen molar-refractivity contribution in [1.82, 2.24) is 0 Å². The molecule has 4 aromatic rings. The van der Waals surface area contributed by atoms with Gasteiger partial charge in [0.15, 0.2) is 0 Å². The van der Waals surface area contributed by atoms with Gasteiger partial charge in [-0.1, -0.05) is 124 Å². The minimum atomic E-state index is 0. The second-order valence-corrected chi connectivity index (χ2v) is 22.4. The molecule has 312 valence electrons. The third-order valence-corrected chi connectivity index (χ3v) is 12.6. The van der Waals surface area contributed by atoms with E-state index in [1.54, 1.807) is 0 Å². The fourth-order valence-corrected chi connectivity index (χ4v) is 8.15. The molecule has 0 heterocycles. The number of rotatable bonds is 4. The smallest absolute Gasteiger partial charge is 0.0640 e. The number of fused-ring (bicyclic) bond motifs is 3. The average molecular weight is 895 g/mol. The first kappa shape index (κ1) is 51.8. The normalized spacial score (nSPS) is 14.9. The molecule has 6 rings (SSSR count). The van der Waals surface area contributed by atoms with Crippen LogP contribution in [0.2, 0.25) is 0 Å². The van der Waals surface area contributed by atoms with Crippen LogP contribution in [-0.4, -0.2) is 3.21 Å². The Balaban J connectivity index is 0.000000305. The minimum Gasteiger partial charge on any atom is -1.00 e. The van der Waals surface area contributed by atoms with E-state index in [9.17, 15) is 0 Å². The molecular weight excluding hydrogens is 823 g/mol. The molecule has 0 radical (unpaired) electrons. The van der Waals surface area contributed by atoms with Crippen LogP contribution in [0.1, 0.15) is 175 Å². The molecule has 58 heavy (non-hydrogen) atoms. The molecule has 3 heteroatoms. The monoisotopic (exact) mass is 892 g/mol. The molecule has 0 saturated carbocycles. The predicted octanol–water partition coefficient (Wildman–Crippen LogP) is 9.20. The standard InChI is InChI=1S/C21H25.C21H26.C13H21.2ClH.Zr/c1-20(2,3)16-7-9-18-14(12-16)11-15-13-17(21(4,5)6)8-10-19(15)18;1-20(2,3)18-11-7-16(8-12-18)15-17-9-13-19(14-10-17)21(4,5)6;1-6-10-8-11(7-2)12(9-10)13(3,4)5;;;/h7-10,12H,11H2,1-6H3;7-14H,1-6H3;9-10H,6-7H2,1-5H3;2*1H;/q-1;;-1;;;+2/p-2. The van der Waals surface area contributed by atoms with Gasteiger partial charge in [-0.25, -0.2) is 5.57 Å². The van der Waals surface area contributed by atoms with Gasteiger partial charge in [-0.05, 0) is 28.4 Å². The van der Waals surface area contributed by atoms with Crippen LogP contribution >= 0.6 is 0 Å². The first-order valence-corrected chi connectivity index (χ1v) is 22.3. The van der Waals surface area contributed by atoms with Gasteiger partial charge >= 0.3 is 151 Å². The number of benzene rings is 4. The summed E-state index contributed by atoms with van der Waals surface area (Å²) in [6, 6.07) is 33.3. The van der Waals surface area contributed by atoms with Gasteiger partial charge in [0.05, 0.1) is 0 Å². The third kappa shape index (κ3) is 13.3. The van der Waals surface area contributed by atoms with Crippen molar-refractivity contribution in [2.24, 2.45) is 11.3 Å². The Morgan fingerprint density at radius 1 is 0.569 bits per heavy atom. The molecule has 4 aromatic carbocycles. The Morgan fingerprint density at radius 3 is 1.40 bits per heavy atom. The Morgan fingerprint density at radius 2 is 1.02 bits per heavy atom. The van der Waals surface area contributed by atoms with Crippen LogP contribution in [0.4, 0.5) is 0 Å². The van der Waals surface area contributed by atoms with Crippen LogP contribution in [0.15, 0.2) is 96.1 Å². The molecule has 0 amide bonds. The molecule has 2 aliphatic rings. The maximum atomic E-state index is 3.67. The van der Waals surface area contributed by atoms with Gasteiger partial charge in [-0.3, -0.25) is 6.08 Å². The van der Waals surface area contributed by atoms with Crippen LogP contribution in [-0.2, 0) is 52.3 Å². The summed E-state index contributed by atoms with van der Waals surface area (Å²) in [4.78, 5) is 0. The first-order valence-electron chi connectivity index (χ1n) is 21.1. The second kappa shape index (κ2) is 20.0. The molecule has 1 unspecified atom stereocenters. The molecule has 0 spiro atoms. The van der Waals surface area contributed by atoms with E-state index in [2.05, 4.69) is 215 Å². The van der Waals surface area contributed by atoms with Crippen LogP contribution in [0.25, 0.3) is 11.1 Å². The number of hydrogen-bond donors (Lipinski definition) is 0. The van der Waals surface area contributed by atoms with E-state index < -0.39 is 0 Å². The van der Waals surface area contributed by atoms with E-state index in [1.807, 2.05) is 0 Å². The Labute approximate surface area is 383 Å². The van der Waals surface area contributed by atoms with Crippen molar-refractivity contribution in [1.29, 1.82) is 0 Å². The van der Waals surface area contributed by atoms with Gasteiger partial charge in [0, 0.05) is 0 Å². The molecule has 1 atom stereocenters. The zero-order valence-corrected chi connectivity index (χ0v) is 43.0. The van der Waals surface area contributed by atoms with Crippen molar-refractivity contribution >= 4 is 3.21 Å². The summed E-state index contributed by atoms with van der Waals surface area (Å²) in [5.74, 6) is 0.573. The van der Waals surface area contributed by atoms with E-state index in [4.69, 9.17) is 0 Å². The van der Waals surface area contributed by atoms with Crippen LogP contribution < -0.4 is 24.8 Å². The van der Waals surface area contributed by atoms with E-state index in [0.29, 0.717) is 11.3 Å². The Bertz CT molecular complexity index is 1920. The van der Waals surface area contributed by atoms with Gasteiger partial charge in [0.25, 0.3) is 0 Å². The zero-order chi connectivity index (χ0) is 42.0. The van der Waals surface area contributed by atoms with Crippen LogP contribution in [0.5, 0.6) is 0 Å². The van der Waals surface area contributed by atoms with E-state index in [1.165, 1.54) is 101 Å². The number of halogens is 2. The molecule has 0 bridgehead atoms. The fraction of sp³-hybridized carbons (Fsp3) is 0.473. The number of allylic oxidation sites excluding steroid dienone is 4. The van der Waals surface area contributed by atoms with Crippen molar-refractivity contribution in [2.45, 2.75) is 159 Å². The van der Waals surface area contributed by atoms with Crippen LogP contribution in [0.3, 0.4) is 0 Å². The Kier molecular flexibility index (Phi) is 17.9. The number of hydrogen-bond acceptors (Lipinski definition) is 0. The topological polar surface area (TPSA) is 0 Å². The summed E-state index contributed by atoms with van der Waals surface area (Å²) < 4.78 is 1.42. The molecule has 0 N–H and O–H groups in total. The second-order valence-electron chi connectivity index (χ2n) is 21.2. The van der Waals surface area contributed by atoms with Crippen molar-refractivity contribution in [2.75, 3.05) is 0 Å². The van der Waals surface area contributed by atoms with Gasteiger partial charge in [-0.15, -0.1) is 11.1 Å². The largest absolute Gasteiger partial charge is 1.00 e. The average Bonchev–Trinajstić information content (AvgIpc) is 3.72. The molecule has 0 aliphatic heterocycles. The maximum absolute atomic E-state index is 3.67. The third-order valence-electron chi connectivity index (χ3n) is 11.2. The molecule has 0 saturated heterocycles. The molecule has 0 fully saturated rings. The summed E-state index contributed by atoms with van der Waals surface area (Å²) in [5.41, 5.74) is 17.9. The van der Waals surface area contributed by atoms with Gasteiger partial charge < -0.3 is 24.8 Å². The molecular formula is C55H72Cl2Zr-2. The van der Waals surface area contributed by atoms with Crippen molar-refractivity contribution in [3.63, 3.8) is 0 Å². The fourth-order valence-electron chi connectivity index (χ4n) is 7.33. The molecule has 0 aromatic heterocycles. The first-order chi connectivity index (χ1) is 25.7. The SMILES string of the molecule is CC(C)(C)c1[c-]c2c(cc1)-c1ccc(C(C)(C)C)cc1C2.CC(C)(C)c1ccc([C](=[Zr+2])c2ccc(C(C)(C)C)cc2)cc1.CCC1=[C-]C(CC)C=C1C(C)(C)C.[Cl-].[Cl-]. The quantitative estimate of drug-likeness (QED) is 0.158. The predicted molar refractivity (Wildman–Crippen MR) is 243 cm³/mol. The van der Waals surface area contributed by atoms with Gasteiger partial charge in [0.2, 0.25) is 0 Å². The Hall–Kier alpha value is -2.31. The zero-order valence-electron chi connectivity index (χ0n) is 39.0. The molecule has 0 nitrogen and oxygen atoms in total. The van der Waals surface area contributed by atoms with Crippen molar-refractivity contribution in [3.8, 4) is 11.1 Å². The van der Waals surface area contributed by atoms with Gasteiger partial charge in [-0.2, -0.15) is 35.4 Å². The minimum absolute atomic E-state index is 0. The molecule has 2 aliphatic carbocycles. The maximum Gasteiger partial charge on any atom is -0.0640 e. The van der Waals surface area contributed by atoms with Crippen molar-refractivity contribution < 1.29 is 49.0 Å². The summed E-state index contributed by atoms with van der Waals surface area (Å²) in [6.45, 7) is 38.5. The summed E-state index contributed by atoms with van der Waals surface area (Å²) in [5, 5.41) is 0. The van der Waals surface area contributed by atoms with E-state index in [-0.39, 0.29) is 46.5 Å².